The van der Waals surface area contributed by atoms with Crippen LogP contribution in [-0.2, 0) is 11.3 Å². The largest absolute Gasteiger partial charge is 0.483 e. The highest BCUT2D eigenvalue weighted by molar-refractivity contribution is 6.30. The lowest BCUT2D eigenvalue weighted by molar-refractivity contribution is -0.120. The van der Waals surface area contributed by atoms with Crippen molar-refractivity contribution in [3.8, 4) is 5.75 Å². The molecule has 6 heteroatoms. The van der Waals surface area contributed by atoms with Crippen LogP contribution in [0, 0.1) is 0 Å². The van der Waals surface area contributed by atoms with Gasteiger partial charge in [0.1, 0.15) is 5.75 Å². The summed E-state index contributed by atoms with van der Waals surface area (Å²) in [5.41, 5.74) is 6.93. The molecule has 0 bridgehead atoms. The number of hydrogen-bond acceptors (Lipinski definition) is 3. The van der Waals surface area contributed by atoms with Crippen LogP contribution in [0.5, 0.6) is 5.75 Å². The molecule has 1 aliphatic rings. The lowest BCUT2D eigenvalue weighted by Gasteiger charge is -2.22. The number of amides is 2. The highest BCUT2D eigenvalue weighted by Crippen LogP contribution is 2.30. The minimum absolute atomic E-state index is 0.109. The predicted octanol–water partition coefficient (Wildman–Crippen LogP) is 2.36. The molecular weight excluding hydrogens is 304 g/mol. The molecule has 0 atom stereocenters. The van der Waals surface area contributed by atoms with E-state index in [1.165, 1.54) is 4.90 Å². The van der Waals surface area contributed by atoms with Crippen molar-refractivity contribution in [2.45, 2.75) is 6.54 Å². The van der Waals surface area contributed by atoms with Gasteiger partial charge in [0.2, 0.25) is 0 Å². The van der Waals surface area contributed by atoms with Crippen LogP contribution in [0.1, 0.15) is 15.9 Å². The van der Waals surface area contributed by atoms with Gasteiger partial charge in [-0.25, -0.2) is 0 Å². The third-order valence-electron chi connectivity index (χ3n) is 3.46. The molecular formula is C16H13ClN2O3. The molecule has 2 aromatic rings. The van der Waals surface area contributed by atoms with E-state index in [-0.39, 0.29) is 19.1 Å². The van der Waals surface area contributed by atoms with Crippen LogP contribution in [0.4, 0.5) is 5.69 Å². The van der Waals surface area contributed by atoms with Gasteiger partial charge in [0.15, 0.2) is 6.61 Å². The number of carbonyl (C=O) groups is 2. The summed E-state index contributed by atoms with van der Waals surface area (Å²) in [6.45, 7) is 0.154. The number of halogens is 1. The fourth-order valence-electron chi connectivity index (χ4n) is 2.43. The molecule has 0 saturated carbocycles. The summed E-state index contributed by atoms with van der Waals surface area (Å²) >= 11 is 6.01. The summed E-state index contributed by atoms with van der Waals surface area (Å²) in [5, 5.41) is 0.555. The molecule has 0 aromatic heterocycles. The maximum absolute atomic E-state index is 12.4. The summed E-state index contributed by atoms with van der Waals surface area (Å²) in [6.07, 6.45) is 0. The van der Waals surface area contributed by atoms with Crippen LogP contribution in [0.2, 0.25) is 5.02 Å². The second-order valence-electron chi connectivity index (χ2n) is 4.90. The van der Waals surface area contributed by atoms with Crippen LogP contribution >= 0.6 is 11.6 Å². The standard InChI is InChI=1S/C16H13ClN2O3/c17-11-5-6-14-10(7-11)8-19(15(20)9-22-14)13-4-2-1-3-12(13)16(18)21/h1-7H,8-9H2,(H2,18,21). The Morgan fingerprint density at radius 2 is 2.00 bits per heavy atom. The van der Waals surface area contributed by atoms with Crippen molar-refractivity contribution in [1.29, 1.82) is 0 Å². The predicted molar refractivity (Wildman–Crippen MR) is 83.1 cm³/mol. The second kappa shape index (κ2) is 5.69. The number of hydrogen-bond donors (Lipinski definition) is 1. The van der Waals surface area contributed by atoms with Gasteiger partial charge in [-0.1, -0.05) is 23.7 Å². The van der Waals surface area contributed by atoms with Crippen LogP contribution in [0.15, 0.2) is 42.5 Å². The van der Waals surface area contributed by atoms with E-state index in [4.69, 9.17) is 22.1 Å². The van der Waals surface area contributed by atoms with Crippen LogP contribution in [-0.4, -0.2) is 18.4 Å². The number of fused-ring (bicyclic) bond motifs is 1. The Balaban J connectivity index is 2.07. The Kier molecular flexibility index (Phi) is 3.73. The number of para-hydroxylation sites is 1. The maximum atomic E-state index is 12.4. The number of nitrogens with zero attached hydrogens (tertiary/aromatic N) is 1. The molecule has 0 unspecified atom stereocenters. The van der Waals surface area contributed by atoms with Crippen molar-refractivity contribution < 1.29 is 14.3 Å². The van der Waals surface area contributed by atoms with Crippen molar-refractivity contribution in [2.24, 2.45) is 5.73 Å². The molecule has 1 heterocycles. The van der Waals surface area contributed by atoms with Gasteiger partial charge in [-0.2, -0.15) is 0 Å². The molecule has 5 nitrogen and oxygen atoms in total. The highest BCUT2D eigenvalue weighted by Gasteiger charge is 2.25. The van der Waals surface area contributed by atoms with Crippen molar-refractivity contribution in [3.05, 3.63) is 58.6 Å². The molecule has 2 aromatic carbocycles. The number of carbonyl (C=O) groups excluding carboxylic acids is 2. The van der Waals surface area contributed by atoms with Gasteiger partial charge in [-0.15, -0.1) is 0 Å². The Morgan fingerprint density at radius 3 is 2.77 bits per heavy atom. The Labute approximate surface area is 132 Å². The van der Waals surface area contributed by atoms with E-state index < -0.39 is 5.91 Å². The van der Waals surface area contributed by atoms with E-state index in [0.717, 1.165) is 5.56 Å². The Morgan fingerprint density at radius 1 is 1.23 bits per heavy atom. The molecule has 22 heavy (non-hydrogen) atoms. The van der Waals surface area contributed by atoms with Crippen molar-refractivity contribution in [3.63, 3.8) is 0 Å². The first-order chi connectivity index (χ1) is 10.6. The van der Waals surface area contributed by atoms with Crippen molar-refractivity contribution in [1.82, 2.24) is 0 Å². The fourth-order valence-corrected chi connectivity index (χ4v) is 2.62. The summed E-state index contributed by atoms with van der Waals surface area (Å²) in [5.74, 6) is -0.224. The topological polar surface area (TPSA) is 72.6 Å². The smallest absolute Gasteiger partial charge is 0.265 e. The fraction of sp³-hybridized carbons (Fsp3) is 0.125. The van der Waals surface area contributed by atoms with E-state index >= 15 is 0 Å². The number of primary amides is 1. The molecule has 112 valence electrons. The molecule has 0 saturated heterocycles. The molecule has 0 radical (unpaired) electrons. The van der Waals surface area contributed by atoms with Gasteiger partial charge >= 0.3 is 0 Å². The van der Waals surface area contributed by atoms with Crippen molar-refractivity contribution >= 4 is 29.1 Å². The molecule has 0 fully saturated rings. The van der Waals surface area contributed by atoms with E-state index in [2.05, 4.69) is 0 Å². The minimum Gasteiger partial charge on any atom is -0.483 e. The van der Waals surface area contributed by atoms with Crippen LogP contribution < -0.4 is 15.4 Å². The average molecular weight is 317 g/mol. The number of ether oxygens (including phenoxy) is 1. The van der Waals surface area contributed by atoms with Crippen LogP contribution in [0.3, 0.4) is 0 Å². The first kappa shape index (κ1) is 14.4. The normalized spacial score (nSPS) is 14.0. The average Bonchev–Trinajstić information content (AvgIpc) is 2.66. The summed E-state index contributed by atoms with van der Waals surface area (Å²) in [7, 11) is 0. The Bertz CT molecular complexity index is 761. The first-order valence-electron chi connectivity index (χ1n) is 6.66. The molecule has 0 aliphatic carbocycles. The van der Waals surface area contributed by atoms with Gasteiger partial charge in [0.05, 0.1) is 17.8 Å². The molecule has 2 amide bonds. The van der Waals surface area contributed by atoms with E-state index in [1.54, 1.807) is 42.5 Å². The SMILES string of the molecule is NC(=O)c1ccccc1N1Cc2cc(Cl)ccc2OCC1=O. The summed E-state index contributed by atoms with van der Waals surface area (Å²) in [6, 6.07) is 11.9. The van der Waals surface area contributed by atoms with Gasteiger partial charge in [-0.3, -0.25) is 9.59 Å². The van der Waals surface area contributed by atoms with E-state index in [9.17, 15) is 9.59 Å². The summed E-state index contributed by atoms with van der Waals surface area (Å²) < 4.78 is 5.50. The maximum Gasteiger partial charge on any atom is 0.265 e. The zero-order valence-corrected chi connectivity index (χ0v) is 12.3. The van der Waals surface area contributed by atoms with E-state index in [0.29, 0.717) is 22.0 Å². The highest BCUT2D eigenvalue weighted by atomic mass is 35.5. The van der Waals surface area contributed by atoms with Gasteiger partial charge < -0.3 is 15.4 Å². The Hall–Kier alpha value is -2.53. The van der Waals surface area contributed by atoms with E-state index in [1.807, 2.05) is 0 Å². The third-order valence-corrected chi connectivity index (χ3v) is 3.70. The zero-order valence-electron chi connectivity index (χ0n) is 11.6. The zero-order chi connectivity index (χ0) is 15.7. The summed E-state index contributed by atoms with van der Waals surface area (Å²) in [4.78, 5) is 25.4. The van der Waals surface area contributed by atoms with Gasteiger partial charge in [0, 0.05) is 10.6 Å². The number of anilines is 1. The minimum atomic E-state index is -0.583. The molecule has 3 rings (SSSR count). The quantitative estimate of drug-likeness (QED) is 0.924. The number of nitrogens with two attached hydrogens (primary N) is 1. The molecule has 0 spiro atoms. The lowest BCUT2D eigenvalue weighted by Crippen LogP contribution is -2.34. The number of benzene rings is 2. The van der Waals surface area contributed by atoms with Gasteiger partial charge in [0.25, 0.3) is 11.8 Å². The van der Waals surface area contributed by atoms with Gasteiger partial charge in [-0.05, 0) is 30.3 Å². The van der Waals surface area contributed by atoms with Crippen molar-refractivity contribution in [2.75, 3.05) is 11.5 Å². The molecule has 2 N–H and O–H groups in total. The monoisotopic (exact) mass is 316 g/mol. The first-order valence-corrected chi connectivity index (χ1v) is 7.04. The second-order valence-corrected chi connectivity index (χ2v) is 5.34. The van der Waals surface area contributed by atoms with Crippen LogP contribution in [0.25, 0.3) is 0 Å². The lowest BCUT2D eigenvalue weighted by atomic mass is 10.1. The third kappa shape index (κ3) is 2.63. The molecule has 1 aliphatic heterocycles. The number of rotatable bonds is 2.